The summed E-state index contributed by atoms with van der Waals surface area (Å²) < 4.78 is 2.20. The predicted octanol–water partition coefficient (Wildman–Crippen LogP) is 4.38. The van der Waals surface area contributed by atoms with Gasteiger partial charge in [-0.2, -0.15) is 4.99 Å². The fourth-order valence-electron chi connectivity index (χ4n) is 3.14. The van der Waals surface area contributed by atoms with Gasteiger partial charge < -0.3 is 10.3 Å². The smallest absolute Gasteiger partial charge is 0.286 e. The molecular weight excluding hydrogens is 342 g/mol. The zero-order valence-corrected chi connectivity index (χ0v) is 15.0. The third-order valence-electron chi connectivity index (χ3n) is 4.20. The zero-order chi connectivity index (χ0) is 18.1. The van der Waals surface area contributed by atoms with Crippen molar-refractivity contribution in [2.24, 2.45) is 10.7 Å². The predicted molar refractivity (Wildman–Crippen MR) is 108 cm³/mol. The van der Waals surface area contributed by atoms with Crippen LogP contribution in [0.4, 0.5) is 0 Å². The van der Waals surface area contributed by atoms with Crippen molar-refractivity contribution in [2.75, 3.05) is 0 Å². The highest BCUT2D eigenvalue weighted by Crippen LogP contribution is 2.34. The van der Waals surface area contributed by atoms with Crippen LogP contribution in [0, 0.1) is 6.92 Å². The molecule has 0 fully saturated rings. The number of aromatic nitrogens is 1. The van der Waals surface area contributed by atoms with E-state index in [9.17, 15) is 4.79 Å². The number of carbonyl (C=O) groups excluding carboxylic acids is 1. The Morgan fingerprint density at radius 1 is 1.04 bits per heavy atom. The Labute approximate surface area is 156 Å². The van der Waals surface area contributed by atoms with Crippen LogP contribution in [0.25, 0.3) is 23.0 Å². The normalized spacial score (nSPS) is 15.5. The van der Waals surface area contributed by atoms with Crippen LogP contribution in [0.3, 0.4) is 0 Å². The SMILES string of the molecule is Cc1cc(/C=C2\SC(N)=NC2=O)c(-c2ccccc2)n1-c1ccccc1. The molecule has 3 aromatic rings. The van der Waals surface area contributed by atoms with E-state index in [-0.39, 0.29) is 5.91 Å². The van der Waals surface area contributed by atoms with Crippen molar-refractivity contribution in [3.63, 3.8) is 0 Å². The van der Waals surface area contributed by atoms with Gasteiger partial charge in [0.05, 0.1) is 10.6 Å². The molecule has 0 saturated heterocycles. The van der Waals surface area contributed by atoms with Gasteiger partial charge in [0.15, 0.2) is 5.17 Å². The Balaban J connectivity index is 1.93. The number of nitrogens with zero attached hydrogens (tertiary/aromatic N) is 2. The average molecular weight is 359 g/mol. The van der Waals surface area contributed by atoms with Crippen molar-refractivity contribution in [2.45, 2.75) is 6.92 Å². The van der Waals surface area contributed by atoms with Crippen molar-refractivity contribution in [3.8, 4) is 16.9 Å². The second-order valence-electron chi connectivity index (χ2n) is 5.99. The van der Waals surface area contributed by atoms with Crippen LogP contribution in [0.5, 0.6) is 0 Å². The number of hydrogen-bond acceptors (Lipinski definition) is 3. The summed E-state index contributed by atoms with van der Waals surface area (Å²) in [6.07, 6.45) is 1.88. The molecule has 1 aromatic heterocycles. The molecule has 128 valence electrons. The topological polar surface area (TPSA) is 60.4 Å². The first-order valence-corrected chi connectivity index (χ1v) is 9.06. The van der Waals surface area contributed by atoms with Crippen LogP contribution in [-0.4, -0.2) is 15.6 Å². The minimum Gasteiger partial charge on any atom is -0.378 e. The maximum atomic E-state index is 12.0. The van der Waals surface area contributed by atoms with E-state index in [1.807, 2.05) is 42.5 Å². The van der Waals surface area contributed by atoms with Gasteiger partial charge in [0.2, 0.25) is 0 Å². The first-order chi connectivity index (χ1) is 12.6. The number of amidine groups is 1. The molecule has 1 aliphatic heterocycles. The summed E-state index contributed by atoms with van der Waals surface area (Å²) in [5.41, 5.74) is 11.0. The lowest BCUT2D eigenvalue weighted by Crippen LogP contribution is -2.01. The number of nitrogens with two attached hydrogens (primary N) is 1. The first-order valence-electron chi connectivity index (χ1n) is 8.25. The summed E-state index contributed by atoms with van der Waals surface area (Å²) in [5.74, 6) is -0.281. The van der Waals surface area contributed by atoms with Crippen LogP contribution in [0.1, 0.15) is 11.3 Å². The summed E-state index contributed by atoms with van der Waals surface area (Å²) in [4.78, 5) is 16.4. The minimum atomic E-state index is -0.281. The monoisotopic (exact) mass is 359 g/mol. The summed E-state index contributed by atoms with van der Waals surface area (Å²) in [6, 6.07) is 22.5. The van der Waals surface area contributed by atoms with Crippen molar-refractivity contribution in [3.05, 3.63) is 82.9 Å². The minimum absolute atomic E-state index is 0.281. The molecular formula is C21H17N3OS. The molecule has 2 heterocycles. The van der Waals surface area contributed by atoms with Gasteiger partial charge in [-0.3, -0.25) is 4.79 Å². The van der Waals surface area contributed by atoms with Crippen LogP contribution in [0.15, 0.2) is 76.6 Å². The van der Waals surface area contributed by atoms with Gasteiger partial charge >= 0.3 is 0 Å². The van der Waals surface area contributed by atoms with E-state index < -0.39 is 0 Å². The standard InChI is InChI=1S/C21H17N3OS/c1-14-12-16(13-18-20(25)23-21(22)26-18)19(15-8-4-2-5-9-15)24(14)17-10-6-3-7-11-17/h2-13H,1H3,(H2,22,23,25)/b18-13-. The number of hydrogen-bond donors (Lipinski definition) is 1. The molecule has 0 atom stereocenters. The average Bonchev–Trinajstić information content (AvgIpc) is 3.15. The molecule has 0 spiro atoms. The van der Waals surface area contributed by atoms with Gasteiger partial charge in [0.1, 0.15) is 0 Å². The summed E-state index contributed by atoms with van der Waals surface area (Å²) >= 11 is 1.21. The lowest BCUT2D eigenvalue weighted by molar-refractivity contribution is -0.113. The van der Waals surface area contributed by atoms with Gasteiger partial charge in [0.25, 0.3) is 5.91 Å². The lowest BCUT2D eigenvalue weighted by Gasteiger charge is -2.13. The van der Waals surface area contributed by atoms with Crippen LogP contribution in [0.2, 0.25) is 0 Å². The first kappa shape index (κ1) is 16.4. The molecule has 1 amide bonds. The summed E-state index contributed by atoms with van der Waals surface area (Å²) in [7, 11) is 0. The molecule has 26 heavy (non-hydrogen) atoms. The third-order valence-corrected chi connectivity index (χ3v) is 5.01. The Bertz CT molecular complexity index is 1030. The zero-order valence-electron chi connectivity index (χ0n) is 14.2. The highest BCUT2D eigenvalue weighted by Gasteiger charge is 2.22. The number of para-hydroxylation sites is 1. The van der Waals surface area contributed by atoms with Gasteiger partial charge in [-0.05, 0) is 48.5 Å². The number of thioether (sulfide) groups is 1. The molecule has 5 heteroatoms. The molecule has 4 rings (SSSR count). The van der Waals surface area contributed by atoms with E-state index in [4.69, 9.17) is 5.73 Å². The molecule has 0 unspecified atom stereocenters. The second-order valence-corrected chi connectivity index (χ2v) is 7.05. The van der Waals surface area contributed by atoms with Gasteiger partial charge in [-0.25, -0.2) is 0 Å². The highest BCUT2D eigenvalue weighted by atomic mass is 32.2. The van der Waals surface area contributed by atoms with Gasteiger partial charge in [-0.1, -0.05) is 48.5 Å². The maximum Gasteiger partial charge on any atom is 0.286 e. The van der Waals surface area contributed by atoms with Gasteiger partial charge in [0, 0.05) is 16.9 Å². The Hall–Kier alpha value is -3.05. The van der Waals surface area contributed by atoms with Crippen LogP contribution >= 0.6 is 11.8 Å². The van der Waals surface area contributed by atoms with E-state index in [0.717, 1.165) is 28.2 Å². The van der Waals surface area contributed by atoms with Crippen molar-refractivity contribution in [1.82, 2.24) is 4.57 Å². The second kappa shape index (κ2) is 6.69. The highest BCUT2D eigenvalue weighted by molar-refractivity contribution is 8.18. The molecule has 0 saturated carbocycles. The molecule has 0 radical (unpaired) electrons. The molecule has 4 nitrogen and oxygen atoms in total. The number of amides is 1. The summed E-state index contributed by atoms with van der Waals surface area (Å²) in [5, 5.41) is 0.293. The number of aryl methyl sites for hydroxylation is 1. The van der Waals surface area contributed by atoms with E-state index in [1.165, 1.54) is 11.8 Å². The summed E-state index contributed by atoms with van der Waals surface area (Å²) in [6.45, 7) is 2.07. The van der Waals surface area contributed by atoms with Crippen molar-refractivity contribution >= 4 is 28.9 Å². The quantitative estimate of drug-likeness (QED) is 0.706. The number of aliphatic imine (C=N–C) groups is 1. The third kappa shape index (κ3) is 2.97. The van der Waals surface area contributed by atoms with Crippen LogP contribution < -0.4 is 5.73 Å². The van der Waals surface area contributed by atoms with E-state index in [2.05, 4.69) is 46.8 Å². The Morgan fingerprint density at radius 2 is 1.69 bits per heavy atom. The van der Waals surface area contributed by atoms with Crippen LogP contribution in [-0.2, 0) is 4.79 Å². The Kier molecular flexibility index (Phi) is 4.22. The Morgan fingerprint density at radius 3 is 2.31 bits per heavy atom. The maximum absolute atomic E-state index is 12.0. The molecule has 2 aromatic carbocycles. The number of rotatable bonds is 3. The lowest BCUT2D eigenvalue weighted by atomic mass is 10.1. The van der Waals surface area contributed by atoms with Gasteiger partial charge in [-0.15, -0.1) is 0 Å². The van der Waals surface area contributed by atoms with Crippen molar-refractivity contribution in [1.29, 1.82) is 0 Å². The number of carbonyl (C=O) groups is 1. The molecule has 2 N–H and O–H groups in total. The largest absolute Gasteiger partial charge is 0.378 e. The molecule has 0 bridgehead atoms. The fourth-order valence-corrected chi connectivity index (χ4v) is 3.81. The molecule has 1 aliphatic rings. The van der Waals surface area contributed by atoms with E-state index in [1.54, 1.807) is 0 Å². The van der Waals surface area contributed by atoms with E-state index >= 15 is 0 Å². The fraction of sp³-hybridized carbons (Fsp3) is 0.0476. The number of benzene rings is 2. The molecule has 0 aliphatic carbocycles. The van der Waals surface area contributed by atoms with E-state index in [0.29, 0.717) is 10.1 Å². The van der Waals surface area contributed by atoms with Crippen molar-refractivity contribution < 1.29 is 4.79 Å².